The lowest BCUT2D eigenvalue weighted by Gasteiger charge is -2.31. The van der Waals surface area contributed by atoms with Gasteiger partial charge in [-0.05, 0) is 27.7 Å². The molecule has 14 heavy (non-hydrogen) atoms. The molecule has 0 bridgehead atoms. The summed E-state index contributed by atoms with van der Waals surface area (Å²) in [6, 6.07) is 0. The highest BCUT2D eigenvalue weighted by molar-refractivity contribution is 5.82. The van der Waals surface area contributed by atoms with Crippen LogP contribution < -0.4 is 5.73 Å². The van der Waals surface area contributed by atoms with Gasteiger partial charge >= 0.3 is 0 Å². The minimum absolute atomic E-state index is 0.0397. The first-order chi connectivity index (χ1) is 6.10. The van der Waals surface area contributed by atoms with Gasteiger partial charge in [-0.3, -0.25) is 4.79 Å². The molecule has 0 aliphatic carbocycles. The van der Waals surface area contributed by atoms with Gasteiger partial charge in [0.25, 0.3) is 0 Å². The van der Waals surface area contributed by atoms with Crippen molar-refractivity contribution in [3.05, 3.63) is 0 Å². The highest BCUT2D eigenvalue weighted by Crippen LogP contribution is 2.17. The first-order valence-corrected chi connectivity index (χ1v) is 4.78. The van der Waals surface area contributed by atoms with E-state index in [0.29, 0.717) is 13.1 Å². The SMILES string of the molecule is CN(CC(C)(C)O)C(=O)C(C)(C)CN. The molecule has 0 aromatic rings. The minimum atomic E-state index is -0.866. The molecule has 0 atom stereocenters. The first-order valence-electron chi connectivity index (χ1n) is 4.78. The van der Waals surface area contributed by atoms with Crippen molar-refractivity contribution in [3.8, 4) is 0 Å². The van der Waals surface area contributed by atoms with Gasteiger partial charge in [0.05, 0.1) is 11.0 Å². The maximum atomic E-state index is 11.8. The maximum Gasteiger partial charge on any atom is 0.229 e. The summed E-state index contributed by atoms with van der Waals surface area (Å²) in [4.78, 5) is 13.3. The summed E-state index contributed by atoms with van der Waals surface area (Å²) >= 11 is 0. The normalized spacial score (nSPS) is 12.8. The summed E-state index contributed by atoms with van der Waals surface area (Å²) in [6.45, 7) is 7.57. The monoisotopic (exact) mass is 202 g/mol. The highest BCUT2D eigenvalue weighted by atomic mass is 16.3. The van der Waals surface area contributed by atoms with Crippen LogP contribution >= 0.6 is 0 Å². The number of hydrogen-bond donors (Lipinski definition) is 2. The lowest BCUT2D eigenvalue weighted by molar-refractivity contribution is -0.141. The summed E-state index contributed by atoms with van der Waals surface area (Å²) in [6.07, 6.45) is 0. The zero-order valence-corrected chi connectivity index (χ0v) is 9.79. The summed E-state index contributed by atoms with van der Waals surface area (Å²) in [5.74, 6) is -0.0397. The molecule has 0 spiro atoms. The number of likely N-dealkylation sites (N-methyl/N-ethyl adjacent to an activating group) is 1. The Hall–Kier alpha value is -0.610. The van der Waals surface area contributed by atoms with Crippen LogP contribution in [0.25, 0.3) is 0 Å². The fourth-order valence-corrected chi connectivity index (χ4v) is 1.26. The number of amides is 1. The summed E-state index contributed by atoms with van der Waals surface area (Å²) < 4.78 is 0. The van der Waals surface area contributed by atoms with Crippen molar-refractivity contribution >= 4 is 5.91 Å². The van der Waals surface area contributed by atoms with Gasteiger partial charge in [-0.2, -0.15) is 0 Å². The molecule has 0 rings (SSSR count). The molecule has 3 N–H and O–H groups in total. The minimum Gasteiger partial charge on any atom is -0.389 e. The molecule has 0 aliphatic heterocycles. The Balaban J connectivity index is 4.41. The molecule has 4 heteroatoms. The van der Waals surface area contributed by atoms with Gasteiger partial charge in [0, 0.05) is 20.1 Å². The molecule has 0 saturated heterocycles. The van der Waals surface area contributed by atoms with Crippen LogP contribution in [0.4, 0.5) is 0 Å². The van der Waals surface area contributed by atoms with E-state index in [1.165, 1.54) is 4.90 Å². The Kier molecular flexibility index (Phi) is 4.09. The van der Waals surface area contributed by atoms with Crippen molar-refractivity contribution in [1.29, 1.82) is 0 Å². The Labute approximate surface area is 86.1 Å². The molecule has 84 valence electrons. The van der Waals surface area contributed by atoms with Crippen LogP contribution in [0.2, 0.25) is 0 Å². The van der Waals surface area contributed by atoms with E-state index in [4.69, 9.17) is 5.73 Å². The van der Waals surface area contributed by atoms with Crippen LogP contribution in [0.1, 0.15) is 27.7 Å². The van der Waals surface area contributed by atoms with Crippen LogP contribution in [0, 0.1) is 5.41 Å². The molecule has 0 heterocycles. The Morgan fingerprint density at radius 2 is 1.79 bits per heavy atom. The van der Waals surface area contributed by atoms with Gasteiger partial charge in [0.1, 0.15) is 0 Å². The van der Waals surface area contributed by atoms with Gasteiger partial charge in [0.2, 0.25) is 5.91 Å². The summed E-state index contributed by atoms with van der Waals surface area (Å²) in [5.41, 5.74) is 4.08. The molecule has 0 saturated carbocycles. The second-order valence-corrected chi connectivity index (χ2v) is 5.06. The van der Waals surface area contributed by atoms with Crippen LogP contribution in [0.15, 0.2) is 0 Å². The maximum absolute atomic E-state index is 11.8. The molecule has 0 radical (unpaired) electrons. The van der Waals surface area contributed by atoms with E-state index in [0.717, 1.165) is 0 Å². The molecule has 0 aliphatic rings. The molecule has 0 unspecified atom stereocenters. The van der Waals surface area contributed by atoms with Crippen molar-refractivity contribution in [2.45, 2.75) is 33.3 Å². The molecule has 0 aromatic carbocycles. The zero-order valence-electron chi connectivity index (χ0n) is 9.79. The third kappa shape index (κ3) is 4.07. The Bertz CT molecular complexity index is 207. The number of rotatable bonds is 4. The van der Waals surface area contributed by atoms with E-state index < -0.39 is 11.0 Å². The lowest BCUT2D eigenvalue weighted by Crippen LogP contribution is -2.47. The van der Waals surface area contributed by atoms with E-state index in [1.807, 2.05) is 0 Å². The van der Waals surface area contributed by atoms with E-state index in [1.54, 1.807) is 34.7 Å². The average Bonchev–Trinajstić information content (AvgIpc) is 2.00. The van der Waals surface area contributed by atoms with Crippen molar-refractivity contribution in [1.82, 2.24) is 4.90 Å². The van der Waals surface area contributed by atoms with Crippen LogP contribution in [-0.4, -0.2) is 41.7 Å². The number of nitrogens with zero attached hydrogens (tertiary/aromatic N) is 1. The molecule has 0 aromatic heterocycles. The number of aliphatic hydroxyl groups is 1. The summed E-state index contributed by atoms with van der Waals surface area (Å²) in [5, 5.41) is 9.55. The van der Waals surface area contributed by atoms with Crippen LogP contribution in [0.3, 0.4) is 0 Å². The van der Waals surface area contributed by atoms with Crippen molar-refractivity contribution in [2.75, 3.05) is 20.1 Å². The predicted octanol–water partition coefficient (Wildman–Crippen LogP) is 0.201. The number of carbonyl (C=O) groups excluding carboxylic acids is 1. The van der Waals surface area contributed by atoms with Crippen LogP contribution in [0.5, 0.6) is 0 Å². The Morgan fingerprint density at radius 3 is 2.07 bits per heavy atom. The Morgan fingerprint density at radius 1 is 1.36 bits per heavy atom. The first kappa shape index (κ1) is 13.4. The van der Waals surface area contributed by atoms with Crippen molar-refractivity contribution in [3.63, 3.8) is 0 Å². The highest BCUT2D eigenvalue weighted by Gasteiger charge is 2.30. The number of carbonyl (C=O) groups is 1. The topological polar surface area (TPSA) is 66.6 Å². The average molecular weight is 202 g/mol. The largest absolute Gasteiger partial charge is 0.389 e. The van der Waals surface area contributed by atoms with Gasteiger partial charge in [-0.1, -0.05) is 0 Å². The van der Waals surface area contributed by atoms with Gasteiger partial charge in [0.15, 0.2) is 0 Å². The van der Waals surface area contributed by atoms with E-state index >= 15 is 0 Å². The van der Waals surface area contributed by atoms with E-state index in [2.05, 4.69) is 0 Å². The fraction of sp³-hybridized carbons (Fsp3) is 0.900. The van der Waals surface area contributed by atoms with Gasteiger partial charge in [-0.15, -0.1) is 0 Å². The van der Waals surface area contributed by atoms with Crippen molar-refractivity contribution < 1.29 is 9.90 Å². The third-order valence-electron chi connectivity index (χ3n) is 2.06. The molecular formula is C10H22N2O2. The van der Waals surface area contributed by atoms with Crippen molar-refractivity contribution in [2.24, 2.45) is 11.1 Å². The lowest BCUT2D eigenvalue weighted by atomic mass is 9.91. The standard InChI is InChI=1S/C10H22N2O2/c1-9(2,6-11)8(13)12(5)7-10(3,4)14/h14H,6-7,11H2,1-5H3. The van der Waals surface area contributed by atoms with E-state index in [-0.39, 0.29) is 5.91 Å². The van der Waals surface area contributed by atoms with Gasteiger partial charge < -0.3 is 15.7 Å². The number of hydrogen-bond acceptors (Lipinski definition) is 3. The second kappa shape index (κ2) is 4.28. The summed E-state index contributed by atoms with van der Waals surface area (Å²) in [7, 11) is 1.68. The number of nitrogens with two attached hydrogens (primary N) is 1. The van der Waals surface area contributed by atoms with E-state index in [9.17, 15) is 9.90 Å². The molecular weight excluding hydrogens is 180 g/mol. The quantitative estimate of drug-likeness (QED) is 0.684. The van der Waals surface area contributed by atoms with Crippen LogP contribution in [-0.2, 0) is 4.79 Å². The third-order valence-corrected chi connectivity index (χ3v) is 2.06. The zero-order chi connectivity index (χ0) is 11.6. The molecule has 1 amide bonds. The van der Waals surface area contributed by atoms with Gasteiger partial charge in [-0.25, -0.2) is 0 Å². The predicted molar refractivity (Wildman–Crippen MR) is 56.8 cm³/mol. The molecule has 4 nitrogen and oxygen atoms in total. The second-order valence-electron chi connectivity index (χ2n) is 5.06. The smallest absolute Gasteiger partial charge is 0.229 e. The molecule has 0 fully saturated rings. The fourth-order valence-electron chi connectivity index (χ4n) is 1.26.